The summed E-state index contributed by atoms with van der Waals surface area (Å²) in [5, 5.41) is 9.27. The fraction of sp³-hybridized carbons (Fsp3) is 0.100. The Labute approximate surface area is 135 Å². The van der Waals surface area contributed by atoms with Crippen molar-refractivity contribution in [1.29, 1.82) is 5.26 Å². The predicted octanol–water partition coefficient (Wildman–Crippen LogP) is 4.51. The van der Waals surface area contributed by atoms with Gasteiger partial charge in [0.05, 0.1) is 11.6 Å². The summed E-state index contributed by atoms with van der Waals surface area (Å²) in [7, 11) is 0. The quantitative estimate of drug-likeness (QED) is 0.712. The Morgan fingerprint density at radius 1 is 1.04 bits per heavy atom. The van der Waals surface area contributed by atoms with E-state index in [2.05, 4.69) is 11.1 Å². The molecular formula is C20H16N2O. The molecule has 0 aliphatic carbocycles. The summed E-state index contributed by atoms with van der Waals surface area (Å²) in [4.78, 5) is 4.34. The van der Waals surface area contributed by atoms with Crippen molar-refractivity contribution in [1.82, 2.24) is 4.98 Å². The van der Waals surface area contributed by atoms with E-state index >= 15 is 0 Å². The summed E-state index contributed by atoms with van der Waals surface area (Å²) in [6, 6.07) is 21.8. The number of nitriles is 1. The number of benzene rings is 2. The van der Waals surface area contributed by atoms with Crippen LogP contribution in [0, 0.1) is 18.3 Å². The normalized spacial score (nSPS) is 10.1. The summed E-state index contributed by atoms with van der Waals surface area (Å²) < 4.78 is 5.68. The Balaban J connectivity index is 1.76. The third-order valence-electron chi connectivity index (χ3n) is 3.57. The molecule has 0 aliphatic heterocycles. The highest BCUT2D eigenvalue weighted by molar-refractivity contribution is 5.70. The van der Waals surface area contributed by atoms with Gasteiger partial charge in [-0.2, -0.15) is 5.26 Å². The van der Waals surface area contributed by atoms with E-state index in [0.717, 1.165) is 22.3 Å². The monoisotopic (exact) mass is 300 g/mol. The van der Waals surface area contributed by atoms with Crippen LogP contribution in [0.25, 0.3) is 11.1 Å². The molecule has 0 amide bonds. The maximum Gasteiger partial charge on any atom is 0.213 e. The first kappa shape index (κ1) is 14.8. The lowest BCUT2D eigenvalue weighted by Crippen LogP contribution is -1.97. The highest BCUT2D eigenvalue weighted by Gasteiger charge is 2.06. The number of nitrogens with zero attached hydrogens (tertiary/aromatic N) is 2. The van der Waals surface area contributed by atoms with Gasteiger partial charge in [-0.15, -0.1) is 0 Å². The fourth-order valence-electron chi connectivity index (χ4n) is 2.36. The van der Waals surface area contributed by atoms with Crippen LogP contribution in [0.15, 0.2) is 66.9 Å². The molecule has 0 fully saturated rings. The van der Waals surface area contributed by atoms with Crippen LogP contribution in [0.5, 0.6) is 5.88 Å². The number of rotatable bonds is 4. The van der Waals surface area contributed by atoms with Crippen molar-refractivity contribution >= 4 is 0 Å². The zero-order valence-electron chi connectivity index (χ0n) is 12.9. The lowest BCUT2D eigenvalue weighted by atomic mass is 10.00. The second kappa shape index (κ2) is 6.76. The van der Waals surface area contributed by atoms with E-state index in [1.807, 2.05) is 67.6 Å². The van der Waals surface area contributed by atoms with Crippen LogP contribution in [0.4, 0.5) is 0 Å². The minimum atomic E-state index is 0.487. The molecule has 2 aromatic carbocycles. The van der Waals surface area contributed by atoms with Gasteiger partial charge in [0.2, 0.25) is 5.88 Å². The Kier molecular flexibility index (Phi) is 4.35. The molecule has 0 aliphatic rings. The first-order chi connectivity index (χ1) is 11.3. The number of hydrogen-bond acceptors (Lipinski definition) is 3. The number of aryl methyl sites for hydroxylation is 1. The van der Waals surface area contributed by atoms with Gasteiger partial charge in [-0.1, -0.05) is 42.5 Å². The van der Waals surface area contributed by atoms with E-state index in [9.17, 15) is 5.26 Å². The zero-order valence-corrected chi connectivity index (χ0v) is 12.9. The average molecular weight is 300 g/mol. The van der Waals surface area contributed by atoms with Gasteiger partial charge >= 0.3 is 0 Å². The molecule has 1 aromatic heterocycles. The molecule has 0 spiro atoms. The van der Waals surface area contributed by atoms with Gasteiger partial charge in [-0.05, 0) is 30.2 Å². The van der Waals surface area contributed by atoms with Gasteiger partial charge in [-0.25, -0.2) is 4.98 Å². The second-order valence-corrected chi connectivity index (χ2v) is 5.32. The molecule has 0 saturated heterocycles. The second-order valence-electron chi connectivity index (χ2n) is 5.32. The Morgan fingerprint density at radius 3 is 2.57 bits per heavy atom. The van der Waals surface area contributed by atoms with Gasteiger partial charge < -0.3 is 4.74 Å². The molecule has 3 nitrogen and oxygen atoms in total. The van der Waals surface area contributed by atoms with Crippen LogP contribution in [0.3, 0.4) is 0 Å². The van der Waals surface area contributed by atoms with Crippen LogP contribution >= 0.6 is 0 Å². The van der Waals surface area contributed by atoms with Crippen LogP contribution in [0.2, 0.25) is 0 Å². The minimum absolute atomic E-state index is 0.487. The molecule has 0 bridgehead atoms. The molecule has 112 valence electrons. The van der Waals surface area contributed by atoms with Crippen molar-refractivity contribution in [3.05, 3.63) is 83.6 Å². The smallest absolute Gasteiger partial charge is 0.213 e. The van der Waals surface area contributed by atoms with E-state index in [0.29, 0.717) is 18.1 Å². The van der Waals surface area contributed by atoms with E-state index in [1.54, 1.807) is 6.20 Å². The van der Waals surface area contributed by atoms with E-state index in [1.165, 1.54) is 0 Å². The van der Waals surface area contributed by atoms with Crippen molar-refractivity contribution in [2.75, 3.05) is 0 Å². The van der Waals surface area contributed by atoms with Crippen molar-refractivity contribution in [3.8, 4) is 23.1 Å². The molecule has 1 heterocycles. The maximum atomic E-state index is 9.27. The molecule has 3 rings (SSSR count). The molecule has 0 saturated carbocycles. The third-order valence-corrected chi connectivity index (χ3v) is 3.57. The number of aromatic nitrogens is 1. The molecule has 3 aromatic rings. The molecular weight excluding hydrogens is 284 g/mol. The highest BCUT2D eigenvalue weighted by Crippen LogP contribution is 2.25. The van der Waals surface area contributed by atoms with E-state index in [4.69, 9.17) is 4.74 Å². The first-order valence-electron chi connectivity index (χ1n) is 7.40. The number of ether oxygens (including phenoxy) is 1. The molecule has 0 radical (unpaired) electrons. The van der Waals surface area contributed by atoms with Crippen LogP contribution < -0.4 is 4.74 Å². The van der Waals surface area contributed by atoms with Gasteiger partial charge in [0.15, 0.2) is 0 Å². The minimum Gasteiger partial charge on any atom is -0.473 e. The van der Waals surface area contributed by atoms with Crippen molar-refractivity contribution in [2.45, 2.75) is 13.5 Å². The zero-order chi connectivity index (χ0) is 16.1. The maximum absolute atomic E-state index is 9.27. The first-order valence-corrected chi connectivity index (χ1v) is 7.40. The summed E-state index contributed by atoms with van der Waals surface area (Å²) in [5.41, 5.74) is 4.63. The van der Waals surface area contributed by atoms with Crippen molar-refractivity contribution in [3.63, 3.8) is 0 Å². The average Bonchev–Trinajstić information content (AvgIpc) is 2.61. The van der Waals surface area contributed by atoms with Gasteiger partial charge in [0.1, 0.15) is 6.61 Å². The fourth-order valence-corrected chi connectivity index (χ4v) is 2.36. The lowest BCUT2D eigenvalue weighted by molar-refractivity contribution is 0.294. The van der Waals surface area contributed by atoms with Crippen LogP contribution in [0.1, 0.15) is 16.7 Å². The van der Waals surface area contributed by atoms with E-state index in [-0.39, 0.29) is 0 Å². The standard InChI is InChI=1S/C20H16N2O/c1-15-7-9-19(18(11-15)12-21)17-8-10-20(22-13-17)23-14-16-5-3-2-4-6-16/h2-11,13H,14H2,1H3. The number of pyridine rings is 1. The molecule has 0 atom stereocenters. The largest absolute Gasteiger partial charge is 0.473 e. The topological polar surface area (TPSA) is 45.9 Å². The van der Waals surface area contributed by atoms with Crippen molar-refractivity contribution in [2.24, 2.45) is 0 Å². The molecule has 23 heavy (non-hydrogen) atoms. The SMILES string of the molecule is Cc1ccc(-c2ccc(OCc3ccccc3)nc2)c(C#N)c1. The summed E-state index contributed by atoms with van der Waals surface area (Å²) in [5.74, 6) is 0.572. The number of hydrogen-bond donors (Lipinski definition) is 0. The molecule has 0 N–H and O–H groups in total. The Hall–Kier alpha value is -3.12. The van der Waals surface area contributed by atoms with Gasteiger partial charge in [0.25, 0.3) is 0 Å². The van der Waals surface area contributed by atoms with Crippen LogP contribution in [-0.4, -0.2) is 4.98 Å². The highest BCUT2D eigenvalue weighted by atomic mass is 16.5. The summed E-state index contributed by atoms with van der Waals surface area (Å²) in [6.45, 7) is 2.46. The molecule has 0 unspecified atom stereocenters. The Bertz CT molecular complexity index is 834. The van der Waals surface area contributed by atoms with E-state index < -0.39 is 0 Å². The summed E-state index contributed by atoms with van der Waals surface area (Å²) >= 11 is 0. The summed E-state index contributed by atoms with van der Waals surface area (Å²) in [6.07, 6.45) is 1.74. The van der Waals surface area contributed by atoms with Crippen molar-refractivity contribution < 1.29 is 4.74 Å². The molecule has 3 heteroatoms. The lowest BCUT2D eigenvalue weighted by Gasteiger charge is -2.08. The van der Waals surface area contributed by atoms with Gasteiger partial charge in [-0.3, -0.25) is 0 Å². The van der Waals surface area contributed by atoms with Crippen LogP contribution in [-0.2, 0) is 6.61 Å². The van der Waals surface area contributed by atoms with Gasteiger partial charge in [0, 0.05) is 23.4 Å². The Morgan fingerprint density at radius 2 is 1.87 bits per heavy atom. The third kappa shape index (κ3) is 3.56. The predicted molar refractivity (Wildman–Crippen MR) is 89.9 cm³/mol.